The Kier molecular flexibility index (Phi) is 9.80. The maximum absolute atomic E-state index is 6.70. The summed E-state index contributed by atoms with van der Waals surface area (Å²) in [5.41, 5.74) is 18.7. The molecule has 3 aromatic heterocycles. The minimum absolute atomic E-state index is 0.103. The molecule has 4 heterocycles. The van der Waals surface area contributed by atoms with E-state index in [4.69, 9.17) is 8.83 Å². The van der Waals surface area contributed by atoms with Gasteiger partial charge >= 0.3 is 0 Å². The molecule has 0 saturated carbocycles. The largest absolute Gasteiger partial charge is 0.456 e. The van der Waals surface area contributed by atoms with E-state index < -0.39 is 0 Å². The molecule has 0 bridgehead atoms. The minimum atomic E-state index is 0.103. The van der Waals surface area contributed by atoms with Crippen LogP contribution in [-0.4, -0.2) is 4.57 Å². The van der Waals surface area contributed by atoms with Gasteiger partial charge in [-0.25, -0.2) is 0 Å². The number of fused-ring (bicyclic) bond motifs is 8. The number of benzene rings is 10. The quantitative estimate of drug-likeness (QED) is 0.142. The molecule has 4 heteroatoms. The SMILES string of the molecule is C1=CC(c2ccc(-c3ccccc3)n2-c2ccc3c(-c4cccc5oc6ccccc6c45)c4cc(N5C(c6ccccc6)=CCC5c5ccccc5)ccc4c(-c4cccc5oc6ccccc6c45)c3c2)=CCC1. The van der Waals surface area contributed by atoms with Gasteiger partial charge in [-0.2, -0.15) is 0 Å². The molecule has 74 heavy (non-hydrogen) atoms. The third-order valence-corrected chi connectivity index (χ3v) is 15.6. The lowest BCUT2D eigenvalue weighted by Crippen LogP contribution is -2.22. The normalized spacial score (nSPS) is 14.8. The average Bonchev–Trinajstić information content (AvgIpc) is 4.29. The predicted molar refractivity (Wildman–Crippen MR) is 309 cm³/mol. The van der Waals surface area contributed by atoms with Crippen LogP contribution < -0.4 is 4.90 Å². The first-order chi connectivity index (χ1) is 36.7. The van der Waals surface area contributed by atoms with Crippen LogP contribution in [0.25, 0.3) is 116 Å². The van der Waals surface area contributed by atoms with E-state index in [2.05, 4.69) is 258 Å². The summed E-state index contributed by atoms with van der Waals surface area (Å²) < 4.78 is 15.9. The summed E-state index contributed by atoms with van der Waals surface area (Å²) in [4.78, 5) is 2.58. The summed E-state index contributed by atoms with van der Waals surface area (Å²) in [7, 11) is 0. The van der Waals surface area contributed by atoms with Gasteiger partial charge in [0.25, 0.3) is 0 Å². The Bertz CT molecular complexity index is 4450. The molecule has 350 valence electrons. The molecule has 13 aromatic rings. The van der Waals surface area contributed by atoms with Crippen molar-refractivity contribution in [2.45, 2.75) is 25.3 Å². The second-order valence-electron chi connectivity index (χ2n) is 19.7. The van der Waals surface area contributed by atoms with Crippen LogP contribution in [0.4, 0.5) is 5.69 Å². The molecule has 15 rings (SSSR count). The molecular formula is C70H48N2O2. The first kappa shape index (κ1) is 42.3. The maximum atomic E-state index is 6.70. The summed E-state index contributed by atoms with van der Waals surface area (Å²) >= 11 is 0. The zero-order chi connectivity index (χ0) is 48.7. The van der Waals surface area contributed by atoms with Gasteiger partial charge in [-0.1, -0.05) is 188 Å². The highest BCUT2D eigenvalue weighted by atomic mass is 16.3. The first-order valence-corrected chi connectivity index (χ1v) is 25.8. The molecule has 0 amide bonds. The second-order valence-corrected chi connectivity index (χ2v) is 19.7. The van der Waals surface area contributed by atoms with Crippen molar-refractivity contribution in [3.05, 3.63) is 266 Å². The van der Waals surface area contributed by atoms with Crippen LogP contribution in [0.1, 0.15) is 42.1 Å². The average molecular weight is 949 g/mol. The van der Waals surface area contributed by atoms with Crippen LogP contribution in [0.15, 0.2) is 258 Å². The summed E-state index contributed by atoms with van der Waals surface area (Å²) in [6, 6.07) is 81.9. The van der Waals surface area contributed by atoms with E-state index in [1.165, 1.54) is 44.8 Å². The van der Waals surface area contributed by atoms with E-state index in [-0.39, 0.29) is 6.04 Å². The van der Waals surface area contributed by atoms with Gasteiger partial charge in [0, 0.05) is 38.6 Å². The van der Waals surface area contributed by atoms with E-state index in [0.29, 0.717) is 0 Å². The molecule has 4 nitrogen and oxygen atoms in total. The van der Waals surface area contributed by atoms with E-state index in [1.807, 2.05) is 0 Å². The Hall–Kier alpha value is -9.38. The Morgan fingerprint density at radius 1 is 0.392 bits per heavy atom. The molecule has 1 unspecified atom stereocenters. The molecular weight excluding hydrogens is 901 g/mol. The highest BCUT2D eigenvalue weighted by Crippen LogP contribution is 2.52. The van der Waals surface area contributed by atoms with Crippen molar-refractivity contribution < 1.29 is 8.83 Å². The first-order valence-electron chi connectivity index (χ1n) is 25.8. The lowest BCUT2D eigenvalue weighted by molar-refractivity contribution is 0.668. The van der Waals surface area contributed by atoms with Crippen LogP contribution in [0, 0.1) is 0 Å². The van der Waals surface area contributed by atoms with E-state index in [9.17, 15) is 0 Å². The molecule has 0 N–H and O–H groups in total. The molecule has 0 radical (unpaired) electrons. The molecule has 1 atom stereocenters. The fourth-order valence-corrected chi connectivity index (χ4v) is 12.4. The lowest BCUT2D eigenvalue weighted by Gasteiger charge is -2.31. The molecule has 0 fully saturated rings. The Morgan fingerprint density at radius 3 is 1.55 bits per heavy atom. The molecule has 1 aliphatic heterocycles. The van der Waals surface area contributed by atoms with Gasteiger partial charge in [-0.15, -0.1) is 0 Å². The molecule has 1 aliphatic carbocycles. The van der Waals surface area contributed by atoms with Crippen molar-refractivity contribution in [2.75, 3.05) is 4.90 Å². The Labute approximate surface area is 428 Å². The summed E-state index contributed by atoms with van der Waals surface area (Å²) in [5.74, 6) is 0. The molecule has 2 aliphatic rings. The van der Waals surface area contributed by atoms with Gasteiger partial charge < -0.3 is 18.3 Å². The summed E-state index contributed by atoms with van der Waals surface area (Å²) in [5, 5.41) is 9.05. The number of hydrogen-bond donors (Lipinski definition) is 0. The zero-order valence-electron chi connectivity index (χ0n) is 40.6. The summed E-state index contributed by atoms with van der Waals surface area (Å²) in [6.45, 7) is 0. The van der Waals surface area contributed by atoms with Crippen molar-refractivity contribution in [3.63, 3.8) is 0 Å². The highest BCUT2D eigenvalue weighted by Gasteiger charge is 2.31. The van der Waals surface area contributed by atoms with Crippen LogP contribution in [0.3, 0.4) is 0 Å². The predicted octanol–water partition coefficient (Wildman–Crippen LogP) is 19.3. The standard InChI is InChI=1S/C70H48N2O2/c1-5-19-45(20-6-1)59-39-40-60(46-21-7-2-8-22-46)71(59)49-35-37-51-57(43-49)67(55-29-17-33-65-69(55)53-27-13-15-31-63(53)73-65)52-38-36-50(72-61(47-23-9-3-10-24-47)41-42-62(72)48-25-11-4-12-26-48)44-58(52)68(51)56-30-18-34-66-70(56)54-28-14-16-32-64(54)74-66/h1-3,5-11,13-39,41-44,60H,4,12,40H2. The van der Waals surface area contributed by atoms with Crippen LogP contribution in [0.2, 0.25) is 0 Å². The maximum Gasteiger partial charge on any atom is 0.136 e. The number of aromatic nitrogens is 1. The van der Waals surface area contributed by atoms with Gasteiger partial charge in [0.15, 0.2) is 0 Å². The van der Waals surface area contributed by atoms with Gasteiger partial charge in [-0.3, -0.25) is 0 Å². The number of hydrogen-bond acceptors (Lipinski definition) is 3. The fraction of sp³-hybridized carbons (Fsp3) is 0.0571. The summed E-state index contributed by atoms with van der Waals surface area (Å²) in [6.07, 6.45) is 12.4. The topological polar surface area (TPSA) is 34.5 Å². The number of anilines is 1. The van der Waals surface area contributed by atoms with Crippen molar-refractivity contribution >= 4 is 82.4 Å². The minimum Gasteiger partial charge on any atom is -0.456 e. The van der Waals surface area contributed by atoms with Crippen molar-refractivity contribution in [2.24, 2.45) is 0 Å². The number of rotatable bonds is 8. The van der Waals surface area contributed by atoms with Gasteiger partial charge in [0.05, 0.1) is 17.4 Å². The number of nitrogens with zero attached hydrogens (tertiary/aromatic N) is 2. The van der Waals surface area contributed by atoms with Crippen molar-refractivity contribution in [3.8, 4) is 39.2 Å². The Balaban J connectivity index is 1.10. The second kappa shape index (κ2) is 17.1. The Morgan fingerprint density at radius 2 is 0.932 bits per heavy atom. The number of allylic oxidation sites excluding steroid dienone is 4. The third-order valence-electron chi connectivity index (χ3n) is 15.6. The highest BCUT2D eigenvalue weighted by molar-refractivity contribution is 6.29. The molecule has 0 saturated heterocycles. The fourth-order valence-electron chi connectivity index (χ4n) is 12.4. The van der Waals surface area contributed by atoms with Crippen molar-refractivity contribution in [1.29, 1.82) is 0 Å². The van der Waals surface area contributed by atoms with E-state index >= 15 is 0 Å². The zero-order valence-corrected chi connectivity index (χ0v) is 40.6. The smallest absolute Gasteiger partial charge is 0.136 e. The number of furan rings is 2. The van der Waals surface area contributed by atoms with Gasteiger partial charge in [0.1, 0.15) is 22.3 Å². The van der Waals surface area contributed by atoms with E-state index in [0.717, 1.165) is 113 Å². The monoisotopic (exact) mass is 948 g/mol. The lowest BCUT2D eigenvalue weighted by atomic mass is 9.83. The van der Waals surface area contributed by atoms with Crippen LogP contribution in [-0.2, 0) is 0 Å². The van der Waals surface area contributed by atoms with Crippen molar-refractivity contribution in [1.82, 2.24) is 4.57 Å². The van der Waals surface area contributed by atoms with E-state index in [1.54, 1.807) is 0 Å². The van der Waals surface area contributed by atoms with Gasteiger partial charge in [0.2, 0.25) is 0 Å². The van der Waals surface area contributed by atoms with Gasteiger partial charge in [-0.05, 0) is 146 Å². The molecule has 0 spiro atoms. The van der Waals surface area contributed by atoms with Crippen LogP contribution in [0.5, 0.6) is 0 Å². The van der Waals surface area contributed by atoms with Crippen LogP contribution >= 0.6 is 0 Å². The molecule has 10 aromatic carbocycles. The number of para-hydroxylation sites is 2. The third kappa shape index (κ3) is 6.68.